The van der Waals surface area contributed by atoms with Crippen LogP contribution in [0.5, 0.6) is 0 Å². The van der Waals surface area contributed by atoms with Crippen LogP contribution in [-0.4, -0.2) is 12.1 Å². The number of methoxy groups -OCH3 is 1. The number of nitrogens with zero attached hydrogens (tertiary/aromatic N) is 1. The van der Waals surface area contributed by atoms with E-state index in [1.54, 1.807) is 13.3 Å². The summed E-state index contributed by atoms with van der Waals surface area (Å²) in [5.74, 6) is 0.772. The highest BCUT2D eigenvalue weighted by Crippen LogP contribution is 2.16. The van der Waals surface area contributed by atoms with Crippen molar-refractivity contribution in [1.29, 1.82) is 0 Å². The summed E-state index contributed by atoms with van der Waals surface area (Å²) >= 11 is 0. The van der Waals surface area contributed by atoms with E-state index in [0.29, 0.717) is 12.3 Å². The number of aromatic nitrogens is 1. The fourth-order valence-corrected chi connectivity index (χ4v) is 1.53. The van der Waals surface area contributed by atoms with Gasteiger partial charge < -0.3 is 15.8 Å². The summed E-state index contributed by atoms with van der Waals surface area (Å²) in [6.45, 7) is 0.602. The zero-order chi connectivity index (χ0) is 12.1. The van der Waals surface area contributed by atoms with Gasteiger partial charge >= 0.3 is 0 Å². The maximum Gasteiger partial charge on any atom is 0.130 e. The van der Waals surface area contributed by atoms with Gasteiger partial charge in [-0.25, -0.2) is 4.98 Å². The third kappa shape index (κ3) is 3.19. The van der Waals surface area contributed by atoms with Gasteiger partial charge in [0.05, 0.1) is 18.5 Å². The number of hydrogen-bond donors (Lipinski definition) is 2. The summed E-state index contributed by atoms with van der Waals surface area (Å²) in [6, 6.07) is 11.7. The maximum absolute atomic E-state index is 5.58. The van der Waals surface area contributed by atoms with Crippen LogP contribution in [0, 0.1) is 0 Å². The van der Waals surface area contributed by atoms with E-state index in [1.807, 2.05) is 36.4 Å². The van der Waals surface area contributed by atoms with Crippen LogP contribution >= 0.6 is 0 Å². The maximum atomic E-state index is 5.58. The number of benzene rings is 1. The summed E-state index contributed by atoms with van der Waals surface area (Å²) in [7, 11) is 1.68. The Morgan fingerprint density at radius 2 is 2.18 bits per heavy atom. The standard InChI is InChI=1S/C13H15N3O/c1-17-9-10-3-2-4-12(7-10)16-13-6-5-11(14)8-15-13/h2-8H,9,14H2,1H3,(H,15,16). The quantitative estimate of drug-likeness (QED) is 0.845. The van der Waals surface area contributed by atoms with Crippen LogP contribution in [0.15, 0.2) is 42.6 Å². The molecule has 2 rings (SSSR count). The molecule has 17 heavy (non-hydrogen) atoms. The SMILES string of the molecule is COCc1cccc(Nc2ccc(N)cn2)c1. The third-order valence-corrected chi connectivity index (χ3v) is 2.30. The predicted molar refractivity (Wildman–Crippen MR) is 69.1 cm³/mol. The second-order valence-corrected chi connectivity index (χ2v) is 3.74. The Labute approximate surface area is 100 Å². The minimum absolute atomic E-state index is 0.602. The highest BCUT2D eigenvalue weighted by atomic mass is 16.5. The van der Waals surface area contributed by atoms with Crippen LogP contribution in [0.1, 0.15) is 5.56 Å². The number of anilines is 3. The van der Waals surface area contributed by atoms with Crippen LogP contribution < -0.4 is 11.1 Å². The highest BCUT2D eigenvalue weighted by molar-refractivity contribution is 5.58. The number of rotatable bonds is 4. The summed E-state index contributed by atoms with van der Waals surface area (Å²) in [4.78, 5) is 4.18. The molecule has 0 saturated heterocycles. The molecule has 1 aromatic heterocycles. The lowest BCUT2D eigenvalue weighted by Gasteiger charge is -2.07. The molecule has 0 unspecified atom stereocenters. The smallest absolute Gasteiger partial charge is 0.130 e. The molecule has 0 atom stereocenters. The van der Waals surface area contributed by atoms with Crippen LogP contribution in [0.2, 0.25) is 0 Å². The van der Waals surface area contributed by atoms with Gasteiger partial charge in [-0.05, 0) is 29.8 Å². The highest BCUT2D eigenvalue weighted by Gasteiger charge is 1.97. The van der Waals surface area contributed by atoms with Crippen molar-refractivity contribution in [3.05, 3.63) is 48.2 Å². The Kier molecular flexibility index (Phi) is 3.57. The van der Waals surface area contributed by atoms with E-state index in [9.17, 15) is 0 Å². The first-order valence-electron chi connectivity index (χ1n) is 5.34. The zero-order valence-electron chi connectivity index (χ0n) is 9.68. The van der Waals surface area contributed by atoms with Gasteiger partial charge in [0.15, 0.2) is 0 Å². The molecule has 0 fully saturated rings. The molecule has 2 aromatic rings. The molecule has 1 aromatic carbocycles. The number of nitrogens with one attached hydrogen (secondary N) is 1. The van der Waals surface area contributed by atoms with Crippen molar-refractivity contribution >= 4 is 17.2 Å². The van der Waals surface area contributed by atoms with Crippen molar-refractivity contribution in [2.24, 2.45) is 0 Å². The predicted octanol–water partition coefficient (Wildman–Crippen LogP) is 2.55. The Morgan fingerprint density at radius 3 is 2.88 bits per heavy atom. The molecular formula is C13H15N3O. The number of hydrogen-bond acceptors (Lipinski definition) is 4. The van der Waals surface area contributed by atoms with E-state index in [2.05, 4.69) is 10.3 Å². The normalized spacial score (nSPS) is 10.2. The molecule has 0 aliphatic heterocycles. The average Bonchev–Trinajstić information content (AvgIpc) is 2.33. The van der Waals surface area contributed by atoms with E-state index in [4.69, 9.17) is 10.5 Å². The molecule has 0 aliphatic carbocycles. The van der Waals surface area contributed by atoms with Crippen LogP contribution in [-0.2, 0) is 11.3 Å². The Hall–Kier alpha value is -2.07. The minimum Gasteiger partial charge on any atom is -0.397 e. The second kappa shape index (κ2) is 5.32. The summed E-state index contributed by atoms with van der Waals surface area (Å²) in [5, 5.41) is 3.21. The lowest BCUT2D eigenvalue weighted by Crippen LogP contribution is -1.96. The monoisotopic (exact) mass is 229 g/mol. The Morgan fingerprint density at radius 1 is 1.29 bits per heavy atom. The largest absolute Gasteiger partial charge is 0.397 e. The molecule has 0 amide bonds. The van der Waals surface area contributed by atoms with Crippen LogP contribution in [0.25, 0.3) is 0 Å². The van der Waals surface area contributed by atoms with Crippen molar-refractivity contribution in [2.45, 2.75) is 6.61 Å². The van der Waals surface area contributed by atoms with E-state index >= 15 is 0 Å². The average molecular weight is 229 g/mol. The van der Waals surface area contributed by atoms with Gasteiger partial charge in [-0.2, -0.15) is 0 Å². The molecule has 1 heterocycles. The molecule has 88 valence electrons. The van der Waals surface area contributed by atoms with E-state index in [1.165, 1.54) is 0 Å². The molecule has 0 radical (unpaired) electrons. The fraction of sp³-hybridized carbons (Fsp3) is 0.154. The van der Waals surface area contributed by atoms with Crippen molar-refractivity contribution in [2.75, 3.05) is 18.2 Å². The van der Waals surface area contributed by atoms with Crippen molar-refractivity contribution < 1.29 is 4.74 Å². The number of pyridine rings is 1. The van der Waals surface area contributed by atoms with Gasteiger partial charge in [0, 0.05) is 12.8 Å². The van der Waals surface area contributed by atoms with Gasteiger partial charge in [0.2, 0.25) is 0 Å². The van der Waals surface area contributed by atoms with Crippen LogP contribution in [0.4, 0.5) is 17.2 Å². The van der Waals surface area contributed by atoms with Crippen molar-refractivity contribution in [3.63, 3.8) is 0 Å². The first kappa shape index (κ1) is 11.4. The number of nitrogens with two attached hydrogens (primary N) is 1. The van der Waals surface area contributed by atoms with E-state index in [-0.39, 0.29) is 0 Å². The number of ether oxygens (including phenoxy) is 1. The number of nitrogen functional groups attached to an aromatic ring is 1. The summed E-state index contributed by atoms with van der Waals surface area (Å²) < 4.78 is 5.09. The molecule has 4 heteroatoms. The van der Waals surface area contributed by atoms with Crippen molar-refractivity contribution in [3.8, 4) is 0 Å². The summed E-state index contributed by atoms with van der Waals surface area (Å²) in [6.07, 6.45) is 1.63. The molecule has 0 bridgehead atoms. The lowest BCUT2D eigenvalue weighted by molar-refractivity contribution is 0.185. The first-order chi connectivity index (χ1) is 8.28. The molecule has 3 N–H and O–H groups in total. The molecule has 0 aliphatic rings. The lowest BCUT2D eigenvalue weighted by atomic mass is 10.2. The Bertz CT molecular complexity index is 482. The van der Waals surface area contributed by atoms with Gasteiger partial charge in [-0.15, -0.1) is 0 Å². The van der Waals surface area contributed by atoms with Gasteiger partial charge in [-0.1, -0.05) is 12.1 Å². The van der Waals surface area contributed by atoms with E-state index < -0.39 is 0 Å². The van der Waals surface area contributed by atoms with Crippen LogP contribution in [0.3, 0.4) is 0 Å². The van der Waals surface area contributed by atoms with Gasteiger partial charge in [0.25, 0.3) is 0 Å². The third-order valence-electron chi connectivity index (χ3n) is 2.30. The Balaban J connectivity index is 2.12. The minimum atomic E-state index is 0.602. The first-order valence-corrected chi connectivity index (χ1v) is 5.34. The molecule has 4 nitrogen and oxygen atoms in total. The van der Waals surface area contributed by atoms with Gasteiger partial charge in [0.1, 0.15) is 5.82 Å². The summed E-state index contributed by atoms with van der Waals surface area (Å²) in [5.41, 5.74) is 8.33. The fourth-order valence-electron chi connectivity index (χ4n) is 1.53. The second-order valence-electron chi connectivity index (χ2n) is 3.74. The van der Waals surface area contributed by atoms with Gasteiger partial charge in [-0.3, -0.25) is 0 Å². The molecular weight excluding hydrogens is 214 g/mol. The van der Waals surface area contributed by atoms with Crippen molar-refractivity contribution in [1.82, 2.24) is 4.98 Å². The zero-order valence-corrected chi connectivity index (χ0v) is 9.68. The van der Waals surface area contributed by atoms with E-state index in [0.717, 1.165) is 17.1 Å². The topological polar surface area (TPSA) is 60.2 Å². The molecule has 0 saturated carbocycles. The molecule has 0 spiro atoms.